The largest absolute Gasteiger partial charge is 0.481 e. The summed E-state index contributed by atoms with van der Waals surface area (Å²) in [5, 5.41) is 11.5. The van der Waals surface area contributed by atoms with Crippen LogP contribution in [0, 0.1) is 17.7 Å². The fraction of sp³-hybridized carbons (Fsp3) is 0.385. The molecule has 1 aliphatic rings. The lowest BCUT2D eigenvalue weighted by Gasteiger charge is -2.14. The minimum absolute atomic E-state index is 0.251. The van der Waals surface area contributed by atoms with Gasteiger partial charge in [0.05, 0.1) is 17.9 Å². The fourth-order valence-electron chi connectivity index (χ4n) is 1.91. The molecule has 4 nitrogen and oxygen atoms in total. The highest BCUT2D eigenvalue weighted by Crippen LogP contribution is 2.39. The van der Waals surface area contributed by atoms with Crippen molar-refractivity contribution in [3.63, 3.8) is 0 Å². The summed E-state index contributed by atoms with van der Waals surface area (Å²) in [5.74, 6) is -2.48. The Labute approximate surface area is 104 Å². The van der Waals surface area contributed by atoms with E-state index in [0.29, 0.717) is 6.42 Å². The summed E-state index contributed by atoms with van der Waals surface area (Å²) < 4.78 is 12.7. The third-order valence-corrected chi connectivity index (χ3v) is 3.17. The van der Waals surface area contributed by atoms with Crippen LogP contribution in [0.2, 0.25) is 0 Å². The number of benzene rings is 1. The second-order valence-corrected chi connectivity index (χ2v) is 4.57. The first-order valence-corrected chi connectivity index (χ1v) is 5.77. The average Bonchev–Trinajstić information content (AvgIpc) is 3.09. The third kappa shape index (κ3) is 2.67. The number of aliphatic carboxylic acids is 1. The van der Waals surface area contributed by atoms with Crippen LogP contribution in [0.1, 0.15) is 24.9 Å². The van der Waals surface area contributed by atoms with Gasteiger partial charge in [0.25, 0.3) is 0 Å². The number of carboxylic acid groups (broad SMARTS) is 1. The van der Waals surface area contributed by atoms with E-state index >= 15 is 0 Å². The molecular formula is C13H14FNO3. The zero-order chi connectivity index (χ0) is 13.3. The topological polar surface area (TPSA) is 66.4 Å². The number of carbonyl (C=O) groups excluding carboxylic acids is 1. The smallest absolute Gasteiger partial charge is 0.307 e. The molecule has 1 aliphatic carbocycles. The molecule has 3 atom stereocenters. The molecule has 0 aliphatic heterocycles. The molecule has 2 rings (SSSR count). The molecule has 0 spiro atoms. The van der Waals surface area contributed by atoms with Crippen LogP contribution in [0.5, 0.6) is 0 Å². The number of halogens is 1. The molecule has 0 aromatic heterocycles. The van der Waals surface area contributed by atoms with Gasteiger partial charge in [0.15, 0.2) is 0 Å². The molecule has 0 saturated heterocycles. The van der Waals surface area contributed by atoms with Crippen LogP contribution >= 0.6 is 0 Å². The van der Waals surface area contributed by atoms with Gasteiger partial charge in [-0.25, -0.2) is 4.39 Å². The van der Waals surface area contributed by atoms with Crippen molar-refractivity contribution in [2.75, 3.05) is 0 Å². The van der Waals surface area contributed by atoms with Crippen LogP contribution in [0.15, 0.2) is 24.3 Å². The van der Waals surface area contributed by atoms with E-state index in [1.54, 1.807) is 19.1 Å². The summed E-state index contributed by atoms with van der Waals surface area (Å²) in [7, 11) is 0. The molecule has 1 saturated carbocycles. The molecule has 0 bridgehead atoms. The van der Waals surface area contributed by atoms with Crippen LogP contribution in [-0.4, -0.2) is 17.0 Å². The molecule has 1 fully saturated rings. The van der Waals surface area contributed by atoms with Gasteiger partial charge in [-0.1, -0.05) is 12.1 Å². The fourth-order valence-corrected chi connectivity index (χ4v) is 1.91. The number of hydrogen-bond acceptors (Lipinski definition) is 2. The summed E-state index contributed by atoms with van der Waals surface area (Å²) in [6.45, 7) is 1.78. The maximum absolute atomic E-state index is 12.7. The van der Waals surface area contributed by atoms with Gasteiger partial charge in [-0.05, 0) is 31.0 Å². The first-order chi connectivity index (χ1) is 8.49. The Morgan fingerprint density at radius 1 is 1.33 bits per heavy atom. The zero-order valence-electron chi connectivity index (χ0n) is 9.89. The second-order valence-electron chi connectivity index (χ2n) is 4.57. The quantitative estimate of drug-likeness (QED) is 0.856. The summed E-state index contributed by atoms with van der Waals surface area (Å²) in [6, 6.07) is 5.60. The summed E-state index contributed by atoms with van der Waals surface area (Å²) in [4.78, 5) is 22.4. The summed E-state index contributed by atoms with van der Waals surface area (Å²) in [5.41, 5.74) is 0.789. The number of nitrogens with one attached hydrogen (secondary N) is 1. The second kappa shape index (κ2) is 4.76. The van der Waals surface area contributed by atoms with Crippen LogP contribution in [0.4, 0.5) is 4.39 Å². The Hall–Kier alpha value is -1.91. The van der Waals surface area contributed by atoms with Gasteiger partial charge in [-0.3, -0.25) is 9.59 Å². The van der Waals surface area contributed by atoms with Crippen molar-refractivity contribution >= 4 is 11.9 Å². The number of amides is 1. The zero-order valence-corrected chi connectivity index (χ0v) is 9.89. The Morgan fingerprint density at radius 3 is 2.44 bits per heavy atom. The van der Waals surface area contributed by atoms with Crippen LogP contribution < -0.4 is 5.32 Å². The number of hydrogen-bond donors (Lipinski definition) is 2. The molecular weight excluding hydrogens is 237 g/mol. The normalized spacial score (nSPS) is 23.2. The van der Waals surface area contributed by atoms with Gasteiger partial charge in [0, 0.05) is 0 Å². The van der Waals surface area contributed by atoms with Crippen molar-refractivity contribution in [3.8, 4) is 0 Å². The van der Waals surface area contributed by atoms with Crippen molar-refractivity contribution in [1.82, 2.24) is 5.32 Å². The Balaban J connectivity index is 1.92. The van der Waals surface area contributed by atoms with Crippen LogP contribution in [0.3, 0.4) is 0 Å². The van der Waals surface area contributed by atoms with Crippen molar-refractivity contribution in [3.05, 3.63) is 35.6 Å². The van der Waals surface area contributed by atoms with Gasteiger partial charge in [-0.2, -0.15) is 0 Å². The van der Waals surface area contributed by atoms with Crippen LogP contribution in [0.25, 0.3) is 0 Å². The molecule has 2 N–H and O–H groups in total. The van der Waals surface area contributed by atoms with E-state index in [0.717, 1.165) is 5.56 Å². The maximum Gasteiger partial charge on any atom is 0.307 e. The number of carboxylic acids is 1. The molecule has 96 valence electrons. The lowest BCUT2D eigenvalue weighted by atomic mass is 10.1. The molecule has 1 aromatic carbocycles. The minimum atomic E-state index is -0.926. The van der Waals surface area contributed by atoms with E-state index < -0.39 is 17.8 Å². The Bertz CT molecular complexity index is 472. The first kappa shape index (κ1) is 12.5. The van der Waals surface area contributed by atoms with Gasteiger partial charge in [0.1, 0.15) is 5.82 Å². The van der Waals surface area contributed by atoms with E-state index in [1.807, 2.05) is 0 Å². The van der Waals surface area contributed by atoms with Gasteiger partial charge >= 0.3 is 5.97 Å². The highest BCUT2D eigenvalue weighted by Gasteiger charge is 2.48. The molecule has 1 amide bonds. The highest BCUT2D eigenvalue weighted by molar-refractivity contribution is 5.89. The van der Waals surface area contributed by atoms with E-state index in [4.69, 9.17) is 5.11 Å². The van der Waals surface area contributed by atoms with Crippen LogP contribution in [-0.2, 0) is 9.59 Å². The molecule has 1 aromatic rings. The predicted octanol–water partition coefficient (Wildman–Crippen LogP) is 1.72. The predicted molar refractivity (Wildman–Crippen MR) is 62.2 cm³/mol. The van der Waals surface area contributed by atoms with Crippen molar-refractivity contribution in [1.29, 1.82) is 0 Å². The Kier molecular flexibility index (Phi) is 3.32. The summed E-state index contributed by atoms with van der Waals surface area (Å²) in [6.07, 6.45) is 0.400. The standard InChI is InChI=1S/C13H14FNO3/c1-7(8-2-4-9(14)5-3-8)15-12(16)10-6-11(10)13(17)18/h2-5,7,10-11H,6H2,1H3,(H,15,16)(H,17,18)/t7-,10?,11?/m1/s1. The van der Waals surface area contributed by atoms with Crippen molar-refractivity contribution in [2.24, 2.45) is 11.8 Å². The monoisotopic (exact) mass is 251 g/mol. The number of carbonyl (C=O) groups is 2. The lowest BCUT2D eigenvalue weighted by Crippen LogP contribution is -2.29. The molecule has 5 heteroatoms. The first-order valence-electron chi connectivity index (χ1n) is 5.77. The van der Waals surface area contributed by atoms with E-state index in [1.165, 1.54) is 12.1 Å². The molecule has 2 unspecified atom stereocenters. The van der Waals surface area contributed by atoms with Gasteiger partial charge in [-0.15, -0.1) is 0 Å². The van der Waals surface area contributed by atoms with Gasteiger partial charge < -0.3 is 10.4 Å². The SMILES string of the molecule is C[C@@H](NC(=O)C1CC1C(=O)O)c1ccc(F)cc1. The molecule has 18 heavy (non-hydrogen) atoms. The van der Waals surface area contributed by atoms with E-state index in [-0.39, 0.29) is 17.8 Å². The lowest BCUT2D eigenvalue weighted by molar-refractivity contribution is -0.140. The third-order valence-electron chi connectivity index (χ3n) is 3.17. The van der Waals surface area contributed by atoms with Crippen molar-refractivity contribution in [2.45, 2.75) is 19.4 Å². The number of rotatable bonds is 4. The average molecular weight is 251 g/mol. The van der Waals surface area contributed by atoms with E-state index in [2.05, 4.69) is 5.32 Å². The summed E-state index contributed by atoms with van der Waals surface area (Å²) >= 11 is 0. The van der Waals surface area contributed by atoms with E-state index in [9.17, 15) is 14.0 Å². The van der Waals surface area contributed by atoms with Crippen molar-refractivity contribution < 1.29 is 19.1 Å². The minimum Gasteiger partial charge on any atom is -0.481 e. The maximum atomic E-state index is 12.7. The molecule has 0 radical (unpaired) electrons. The van der Waals surface area contributed by atoms with Gasteiger partial charge in [0.2, 0.25) is 5.91 Å². The highest BCUT2D eigenvalue weighted by atomic mass is 19.1. The molecule has 0 heterocycles. The Morgan fingerprint density at radius 2 is 1.94 bits per heavy atom.